The second-order valence-electron chi connectivity index (χ2n) is 8.23. The number of carbonyl (C=O) groups is 1. The van der Waals surface area contributed by atoms with Crippen LogP contribution < -0.4 is 0 Å². The van der Waals surface area contributed by atoms with Crippen molar-refractivity contribution in [3.63, 3.8) is 0 Å². The topological polar surface area (TPSA) is 123 Å². The van der Waals surface area contributed by atoms with Crippen LogP contribution in [0.15, 0.2) is 53.4 Å². The van der Waals surface area contributed by atoms with Crippen LogP contribution in [0.1, 0.15) is 28.5 Å². The quantitative estimate of drug-likeness (QED) is 0.277. The van der Waals surface area contributed by atoms with Gasteiger partial charge in [-0.05, 0) is 31.5 Å². The Morgan fingerprint density at radius 1 is 1.11 bits per heavy atom. The van der Waals surface area contributed by atoms with Gasteiger partial charge in [-0.25, -0.2) is 13.2 Å². The van der Waals surface area contributed by atoms with Crippen molar-refractivity contribution in [2.75, 3.05) is 32.8 Å². The molecule has 10 nitrogen and oxygen atoms in total. The van der Waals surface area contributed by atoms with Crippen LogP contribution in [0.2, 0.25) is 0 Å². The summed E-state index contributed by atoms with van der Waals surface area (Å²) in [6.45, 7) is 5.52. The fraction of sp³-hybridized carbons (Fsp3) is 0.333. The van der Waals surface area contributed by atoms with Gasteiger partial charge in [-0.1, -0.05) is 24.3 Å². The van der Waals surface area contributed by atoms with Crippen LogP contribution in [0.3, 0.4) is 0 Å². The molecule has 1 aliphatic heterocycles. The molecule has 0 spiro atoms. The Bertz CT molecular complexity index is 1380. The Labute approximate surface area is 203 Å². The molecule has 2 heterocycles. The first-order chi connectivity index (χ1) is 16.7. The number of ether oxygens (including phenoxy) is 1. The van der Waals surface area contributed by atoms with E-state index in [-0.39, 0.29) is 30.3 Å². The molecule has 1 saturated heterocycles. The van der Waals surface area contributed by atoms with Crippen LogP contribution in [-0.2, 0) is 21.3 Å². The van der Waals surface area contributed by atoms with Gasteiger partial charge in [0.05, 0.1) is 33.2 Å². The van der Waals surface area contributed by atoms with Gasteiger partial charge in [0.15, 0.2) is 0 Å². The highest BCUT2D eigenvalue weighted by Gasteiger charge is 2.30. The maximum absolute atomic E-state index is 13.0. The minimum Gasteiger partial charge on any atom is -0.462 e. The van der Waals surface area contributed by atoms with Crippen molar-refractivity contribution in [1.29, 1.82) is 0 Å². The van der Waals surface area contributed by atoms with Crippen LogP contribution in [-0.4, -0.2) is 66.3 Å². The predicted octanol–water partition coefficient (Wildman–Crippen LogP) is 3.13. The lowest BCUT2D eigenvalue weighted by Crippen LogP contribution is -2.48. The standard InChI is InChI=1S/C24H26N4O6S/c1-3-34-24(29)23-17(2)20-9-4-5-10-21(20)25-22(23)16-26-11-13-27(14-12-26)35(32,33)19-8-6-7-18(15-19)28(30)31/h4-10,15H,3,11-14,16H2,1-2H3. The van der Waals surface area contributed by atoms with Crippen LogP contribution in [0.4, 0.5) is 5.69 Å². The van der Waals surface area contributed by atoms with Gasteiger partial charge in [0.25, 0.3) is 5.69 Å². The first-order valence-corrected chi connectivity index (χ1v) is 12.7. The molecule has 0 amide bonds. The Morgan fingerprint density at radius 3 is 2.51 bits per heavy atom. The van der Waals surface area contributed by atoms with E-state index in [1.165, 1.54) is 22.5 Å². The average molecular weight is 499 g/mol. The van der Waals surface area contributed by atoms with Gasteiger partial charge in [-0.3, -0.25) is 20.0 Å². The van der Waals surface area contributed by atoms with Crippen molar-refractivity contribution in [3.05, 3.63) is 75.5 Å². The largest absolute Gasteiger partial charge is 0.462 e. The molecule has 3 aromatic rings. The number of non-ortho nitro benzene ring substituents is 1. The number of hydrogen-bond acceptors (Lipinski definition) is 8. The molecule has 11 heteroatoms. The van der Waals surface area contributed by atoms with E-state index in [9.17, 15) is 23.3 Å². The highest BCUT2D eigenvalue weighted by Crippen LogP contribution is 2.26. The van der Waals surface area contributed by atoms with E-state index in [1.807, 2.05) is 36.1 Å². The lowest BCUT2D eigenvalue weighted by atomic mass is 10.0. The summed E-state index contributed by atoms with van der Waals surface area (Å²) in [7, 11) is -3.87. The van der Waals surface area contributed by atoms with Crippen molar-refractivity contribution in [3.8, 4) is 0 Å². The molecule has 0 aliphatic carbocycles. The first-order valence-electron chi connectivity index (χ1n) is 11.2. The Morgan fingerprint density at radius 2 is 1.83 bits per heavy atom. The number of nitro benzene ring substituents is 1. The Kier molecular flexibility index (Phi) is 7.10. The fourth-order valence-electron chi connectivity index (χ4n) is 4.28. The molecule has 35 heavy (non-hydrogen) atoms. The Hall–Kier alpha value is -3.41. The number of esters is 1. The second kappa shape index (κ2) is 10.1. The van der Waals surface area contributed by atoms with Gasteiger partial charge in [0.2, 0.25) is 10.0 Å². The summed E-state index contributed by atoms with van der Waals surface area (Å²) in [6, 6.07) is 12.7. The third kappa shape index (κ3) is 5.02. The number of carbonyl (C=O) groups excluding carboxylic acids is 1. The van der Waals surface area contributed by atoms with Gasteiger partial charge in [0.1, 0.15) is 0 Å². The minimum atomic E-state index is -3.87. The van der Waals surface area contributed by atoms with Crippen molar-refractivity contribution in [1.82, 2.24) is 14.2 Å². The number of piperazine rings is 1. The third-order valence-corrected chi connectivity index (χ3v) is 7.97. The monoisotopic (exact) mass is 498 g/mol. The molecule has 0 unspecified atom stereocenters. The Balaban J connectivity index is 1.54. The zero-order valence-corrected chi connectivity index (χ0v) is 20.3. The number of rotatable bonds is 7. The summed E-state index contributed by atoms with van der Waals surface area (Å²) in [5.41, 5.74) is 2.34. The van der Waals surface area contributed by atoms with E-state index in [4.69, 9.17) is 9.72 Å². The van der Waals surface area contributed by atoms with Crippen LogP contribution >= 0.6 is 0 Å². The van der Waals surface area contributed by atoms with Crippen molar-refractivity contribution >= 4 is 32.6 Å². The summed E-state index contributed by atoms with van der Waals surface area (Å²) in [4.78, 5) is 29.9. The zero-order valence-electron chi connectivity index (χ0n) is 19.5. The summed E-state index contributed by atoms with van der Waals surface area (Å²) in [5.74, 6) is -0.426. The lowest BCUT2D eigenvalue weighted by molar-refractivity contribution is -0.385. The van der Waals surface area contributed by atoms with Gasteiger partial charge in [-0.15, -0.1) is 0 Å². The number of fused-ring (bicyclic) bond motifs is 1. The number of sulfonamides is 1. The number of hydrogen-bond donors (Lipinski definition) is 0. The molecule has 1 fully saturated rings. The molecule has 184 valence electrons. The van der Waals surface area contributed by atoms with Crippen molar-refractivity contribution in [2.45, 2.75) is 25.3 Å². The molecule has 4 rings (SSSR count). The molecule has 1 aromatic heterocycles. The van der Waals surface area contributed by atoms with Gasteiger partial charge in [-0.2, -0.15) is 4.31 Å². The average Bonchev–Trinajstić information content (AvgIpc) is 2.85. The van der Waals surface area contributed by atoms with Gasteiger partial charge < -0.3 is 4.74 Å². The van der Waals surface area contributed by atoms with Gasteiger partial charge >= 0.3 is 5.97 Å². The molecule has 0 saturated carbocycles. The van der Waals surface area contributed by atoms with Crippen LogP contribution in [0.5, 0.6) is 0 Å². The number of para-hydroxylation sites is 1. The third-order valence-electron chi connectivity index (χ3n) is 6.08. The van der Waals surface area contributed by atoms with E-state index < -0.39 is 20.9 Å². The molecule has 0 radical (unpaired) electrons. The van der Waals surface area contributed by atoms with E-state index in [0.717, 1.165) is 22.5 Å². The maximum atomic E-state index is 13.0. The predicted molar refractivity (Wildman–Crippen MR) is 130 cm³/mol. The van der Waals surface area contributed by atoms with Crippen LogP contribution in [0.25, 0.3) is 10.9 Å². The number of aromatic nitrogens is 1. The molecule has 0 bridgehead atoms. The fourth-order valence-corrected chi connectivity index (χ4v) is 5.74. The maximum Gasteiger partial charge on any atom is 0.340 e. The first kappa shape index (κ1) is 24.7. The normalized spacial score (nSPS) is 15.3. The van der Waals surface area contributed by atoms with E-state index in [1.54, 1.807) is 6.92 Å². The molecule has 1 aliphatic rings. The van der Waals surface area contributed by atoms with E-state index in [2.05, 4.69) is 0 Å². The number of pyridine rings is 1. The van der Waals surface area contributed by atoms with E-state index >= 15 is 0 Å². The minimum absolute atomic E-state index is 0.100. The SMILES string of the molecule is CCOC(=O)c1c(CN2CCN(S(=O)(=O)c3cccc([N+](=O)[O-])c3)CC2)nc2ccccc2c1C. The van der Waals surface area contributed by atoms with Crippen molar-refractivity contribution < 1.29 is 22.9 Å². The highest BCUT2D eigenvalue weighted by atomic mass is 32.2. The lowest BCUT2D eigenvalue weighted by Gasteiger charge is -2.34. The van der Waals surface area contributed by atoms with E-state index in [0.29, 0.717) is 30.9 Å². The van der Waals surface area contributed by atoms with Crippen molar-refractivity contribution in [2.24, 2.45) is 0 Å². The second-order valence-corrected chi connectivity index (χ2v) is 10.2. The number of aryl methyl sites for hydroxylation is 1. The van der Waals surface area contributed by atoms with Crippen LogP contribution in [0, 0.1) is 17.0 Å². The molecular weight excluding hydrogens is 472 g/mol. The summed E-state index contributed by atoms with van der Waals surface area (Å²) >= 11 is 0. The summed E-state index contributed by atoms with van der Waals surface area (Å²) in [5, 5.41) is 11.9. The molecule has 0 atom stereocenters. The molecule has 2 aromatic carbocycles. The smallest absolute Gasteiger partial charge is 0.340 e. The van der Waals surface area contributed by atoms with Gasteiger partial charge in [0, 0.05) is 50.2 Å². The summed E-state index contributed by atoms with van der Waals surface area (Å²) < 4.78 is 32.7. The summed E-state index contributed by atoms with van der Waals surface area (Å²) in [6.07, 6.45) is 0. The number of benzene rings is 2. The molecule has 0 N–H and O–H groups in total. The zero-order chi connectivity index (χ0) is 25.2. The highest BCUT2D eigenvalue weighted by molar-refractivity contribution is 7.89. The molecular formula is C24H26N4O6S. The number of nitro groups is 1. The number of nitrogens with zero attached hydrogens (tertiary/aromatic N) is 4.